The lowest BCUT2D eigenvalue weighted by atomic mass is 9.98. The summed E-state index contributed by atoms with van der Waals surface area (Å²) >= 11 is 1.91. The number of nitrogens with zero attached hydrogens (tertiary/aromatic N) is 1. The van der Waals surface area contributed by atoms with Gasteiger partial charge in [-0.3, -0.25) is 9.69 Å². The summed E-state index contributed by atoms with van der Waals surface area (Å²) in [5.74, 6) is 0.484. The second-order valence-electron chi connectivity index (χ2n) is 5.84. The van der Waals surface area contributed by atoms with Gasteiger partial charge in [0.25, 0.3) is 0 Å². The Morgan fingerprint density at radius 1 is 1.33 bits per heavy atom. The van der Waals surface area contributed by atoms with Crippen molar-refractivity contribution >= 4 is 17.1 Å². The first kappa shape index (κ1) is 12.4. The number of piperidine rings is 1. The highest BCUT2D eigenvalue weighted by molar-refractivity contribution is 7.11. The molecule has 0 radical (unpaired) electrons. The lowest BCUT2D eigenvalue weighted by Crippen LogP contribution is -2.48. The normalized spacial score (nSPS) is 29.8. The number of carbonyl (C=O) groups excluding carboxylic acids is 1. The van der Waals surface area contributed by atoms with Crippen molar-refractivity contribution in [3.8, 4) is 0 Å². The maximum Gasteiger partial charge on any atom is 0.136 e. The number of thiophene rings is 1. The fourth-order valence-corrected chi connectivity index (χ4v) is 4.73. The Morgan fingerprint density at radius 3 is 2.56 bits per heavy atom. The molecule has 3 atom stereocenters. The fraction of sp³-hybridized carbons (Fsp3) is 0.667. The van der Waals surface area contributed by atoms with Crippen LogP contribution in [0.1, 0.15) is 42.4 Å². The topological polar surface area (TPSA) is 20.3 Å². The predicted octanol–water partition coefficient (Wildman–Crippen LogP) is 3.18. The highest BCUT2D eigenvalue weighted by atomic mass is 32.1. The number of fused-ring (bicyclic) bond motifs is 2. The van der Waals surface area contributed by atoms with Crippen molar-refractivity contribution in [2.75, 3.05) is 0 Å². The monoisotopic (exact) mass is 263 g/mol. The molecule has 1 aromatic rings. The first-order chi connectivity index (χ1) is 8.63. The van der Waals surface area contributed by atoms with E-state index in [0.29, 0.717) is 23.9 Å². The molecule has 3 unspecified atom stereocenters. The van der Waals surface area contributed by atoms with E-state index in [0.717, 1.165) is 19.3 Å². The Balaban J connectivity index is 1.69. The number of hydrogen-bond donors (Lipinski definition) is 0. The van der Waals surface area contributed by atoms with Gasteiger partial charge in [-0.1, -0.05) is 0 Å². The molecule has 3 rings (SSSR count). The molecule has 0 aliphatic carbocycles. The van der Waals surface area contributed by atoms with Crippen LogP contribution >= 0.6 is 11.3 Å². The summed E-state index contributed by atoms with van der Waals surface area (Å²) in [6, 6.07) is 6.11. The summed E-state index contributed by atoms with van der Waals surface area (Å²) in [7, 11) is 0. The van der Waals surface area contributed by atoms with Gasteiger partial charge in [-0.2, -0.15) is 0 Å². The quantitative estimate of drug-likeness (QED) is 0.835. The Hall–Kier alpha value is -0.670. The Bertz CT molecular complexity index is 437. The van der Waals surface area contributed by atoms with Gasteiger partial charge >= 0.3 is 0 Å². The minimum absolute atomic E-state index is 0.484. The van der Waals surface area contributed by atoms with Crippen LogP contribution in [0.3, 0.4) is 0 Å². The van der Waals surface area contributed by atoms with Gasteiger partial charge in [-0.15, -0.1) is 11.3 Å². The summed E-state index contributed by atoms with van der Waals surface area (Å²) in [5, 5.41) is 0. The van der Waals surface area contributed by atoms with Gasteiger partial charge < -0.3 is 0 Å². The van der Waals surface area contributed by atoms with Crippen molar-refractivity contribution < 1.29 is 4.79 Å². The predicted molar refractivity (Wildman–Crippen MR) is 75.1 cm³/mol. The molecule has 0 spiro atoms. The molecule has 2 saturated heterocycles. The van der Waals surface area contributed by atoms with Crippen LogP contribution in [0.25, 0.3) is 0 Å². The number of hydrogen-bond acceptors (Lipinski definition) is 3. The maximum absolute atomic E-state index is 11.6. The molecule has 1 aromatic heterocycles. The lowest BCUT2D eigenvalue weighted by molar-refractivity contribution is -0.124. The summed E-state index contributed by atoms with van der Waals surface area (Å²) in [5.41, 5.74) is 0. The third kappa shape index (κ3) is 2.26. The number of rotatable bonds is 3. The molecule has 2 bridgehead atoms. The molecule has 2 aliphatic rings. The van der Waals surface area contributed by atoms with E-state index in [-0.39, 0.29) is 0 Å². The smallest absolute Gasteiger partial charge is 0.136 e. The third-order valence-electron chi connectivity index (χ3n) is 4.40. The van der Waals surface area contributed by atoms with E-state index < -0.39 is 0 Å². The summed E-state index contributed by atoms with van der Waals surface area (Å²) in [6.07, 6.45) is 5.18. The van der Waals surface area contributed by atoms with Crippen LogP contribution in [0.2, 0.25) is 0 Å². The standard InChI is InChI=1S/C15H21NOS/c1-10(7-15-6-3-11(2)18-15)16-12-4-5-13(16)9-14(17)8-12/h3,6,10,12-13H,4-5,7-9H2,1-2H3. The molecule has 2 nitrogen and oxygen atoms in total. The summed E-state index contributed by atoms with van der Waals surface area (Å²) in [4.78, 5) is 17.1. The molecule has 2 fully saturated rings. The Morgan fingerprint density at radius 2 is 2.00 bits per heavy atom. The zero-order chi connectivity index (χ0) is 12.7. The molecule has 0 amide bonds. The van der Waals surface area contributed by atoms with Gasteiger partial charge in [0.1, 0.15) is 5.78 Å². The number of Topliss-reactive ketones (excluding diaryl/α,β-unsaturated/α-hetero) is 1. The van der Waals surface area contributed by atoms with E-state index in [1.54, 1.807) is 0 Å². The second-order valence-corrected chi connectivity index (χ2v) is 7.22. The SMILES string of the molecule is Cc1ccc(CC(C)N2C3CCC2CC(=O)C3)s1. The van der Waals surface area contributed by atoms with Crippen LogP contribution in [0.4, 0.5) is 0 Å². The zero-order valence-electron chi connectivity index (χ0n) is 11.2. The fourth-order valence-electron chi connectivity index (χ4n) is 3.72. The van der Waals surface area contributed by atoms with Crippen molar-refractivity contribution in [3.63, 3.8) is 0 Å². The van der Waals surface area contributed by atoms with E-state index in [9.17, 15) is 4.79 Å². The van der Waals surface area contributed by atoms with Crippen LogP contribution in [0.5, 0.6) is 0 Å². The molecule has 2 aliphatic heterocycles. The third-order valence-corrected chi connectivity index (χ3v) is 5.43. The average Bonchev–Trinajstić information content (AvgIpc) is 2.81. The molecule has 0 saturated carbocycles. The van der Waals surface area contributed by atoms with E-state index in [4.69, 9.17) is 0 Å². The van der Waals surface area contributed by atoms with Crippen molar-refractivity contribution in [2.45, 2.75) is 64.1 Å². The minimum Gasteiger partial charge on any atom is -0.300 e. The molecule has 0 N–H and O–H groups in total. The molecule has 98 valence electrons. The average molecular weight is 263 g/mol. The van der Waals surface area contributed by atoms with Crippen LogP contribution < -0.4 is 0 Å². The number of carbonyl (C=O) groups is 1. The van der Waals surface area contributed by atoms with E-state index >= 15 is 0 Å². The van der Waals surface area contributed by atoms with Gasteiger partial charge in [-0.05, 0) is 45.2 Å². The van der Waals surface area contributed by atoms with Gasteiger partial charge in [-0.25, -0.2) is 0 Å². The molecule has 3 heteroatoms. The van der Waals surface area contributed by atoms with Crippen molar-refractivity contribution in [1.29, 1.82) is 0 Å². The number of aryl methyl sites for hydroxylation is 1. The molecule has 18 heavy (non-hydrogen) atoms. The van der Waals surface area contributed by atoms with Gasteiger partial charge in [0.05, 0.1) is 0 Å². The summed E-state index contributed by atoms with van der Waals surface area (Å²) in [6.45, 7) is 4.50. The van der Waals surface area contributed by atoms with E-state index in [1.807, 2.05) is 11.3 Å². The first-order valence-electron chi connectivity index (χ1n) is 6.98. The molecular formula is C15H21NOS. The molecule has 0 aromatic carbocycles. The maximum atomic E-state index is 11.6. The Kier molecular flexibility index (Phi) is 3.29. The van der Waals surface area contributed by atoms with Crippen LogP contribution in [-0.4, -0.2) is 28.8 Å². The highest BCUT2D eigenvalue weighted by Gasteiger charge is 2.42. The van der Waals surface area contributed by atoms with Crippen molar-refractivity contribution in [2.24, 2.45) is 0 Å². The summed E-state index contributed by atoms with van der Waals surface area (Å²) < 4.78 is 0. The highest BCUT2D eigenvalue weighted by Crippen LogP contribution is 2.36. The number of ketones is 1. The minimum atomic E-state index is 0.484. The largest absolute Gasteiger partial charge is 0.300 e. The van der Waals surface area contributed by atoms with Crippen LogP contribution in [-0.2, 0) is 11.2 Å². The Labute approximate surface area is 113 Å². The lowest BCUT2D eigenvalue weighted by Gasteiger charge is -2.38. The van der Waals surface area contributed by atoms with Crippen molar-refractivity contribution in [1.82, 2.24) is 4.90 Å². The van der Waals surface area contributed by atoms with Gasteiger partial charge in [0.15, 0.2) is 0 Å². The van der Waals surface area contributed by atoms with E-state index in [2.05, 4.69) is 30.9 Å². The molecular weight excluding hydrogens is 242 g/mol. The molecule has 3 heterocycles. The van der Waals surface area contributed by atoms with Gasteiger partial charge in [0.2, 0.25) is 0 Å². The van der Waals surface area contributed by atoms with Gasteiger partial charge in [0, 0.05) is 40.7 Å². The zero-order valence-corrected chi connectivity index (χ0v) is 12.0. The van der Waals surface area contributed by atoms with Crippen molar-refractivity contribution in [3.05, 3.63) is 21.9 Å². The van der Waals surface area contributed by atoms with Crippen LogP contribution in [0.15, 0.2) is 12.1 Å². The van der Waals surface area contributed by atoms with E-state index in [1.165, 1.54) is 22.6 Å². The van der Waals surface area contributed by atoms with Crippen LogP contribution in [0, 0.1) is 6.92 Å². The first-order valence-corrected chi connectivity index (χ1v) is 7.79. The second kappa shape index (κ2) is 4.78.